The molecular weight excluding hydrogens is 269 g/mol. The Morgan fingerprint density at radius 1 is 1.14 bits per heavy atom. The molecule has 2 aromatic rings. The van der Waals surface area contributed by atoms with Crippen molar-refractivity contribution in [1.29, 1.82) is 0 Å². The fourth-order valence-electron chi connectivity index (χ4n) is 2.14. The zero-order chi connectivity index (χ0) is 15.1. The molecule has 0 aromatic heterocycles. The van der Waals surface area contributed by atoms with Crippen molar-refractivity contribution in [2.75, 3.05) is 25.6 Å². The van der Waals surface area contributed by atoms with Gasteiger partial charge in [0.25, 0.3) is 0 Å². The van der Waals surface area contributed by atoms with E-state index in [0.717, 1.165) is 5.56 Å². The van der Waals surface area contributed by atoms with E-state index in [1.165, 1.54) is 6.07 Å². The SMILES string of the molecule is CCOc1ccc(NC(COC)c2ccccc2)cc1F. The number of halogens is 1. The van der Waals surface area contributed by atoms with Gasteiger partial charge in [0.2, 0.25) is 0 Å². The first-order valence-corrected chi connectivity index (χ1v) is 6.97. The molecule has 0 fully saturated rings. The van der Waals surface area contributed by atoms with Crippen LogP contribution in [0.15, 0.2) is 48.5 Å². The number of hydrogen-bond acceptors (Lipinski definition) is 3. The number of nitrogens with one attached hydrogen (secondary N) is 1. The van der Waals surface area contributed by atoms with E-state index < -0.39 is 0 Å². The zero-order valence-corrected chi connectivity index (χ0v) is 12.3. The van der Waals surface area contributed by atoms with Crippen LogP contribution in [0.25, 0.3) is 0 Å². The number of anilines is 1. The molecule has 0 aliphatic rings. The molecule has 0 amide bonds. The summed E-state index contributed by atoms with van der Waals surface area (Å²) < 4.78 is 24.3. The van der Waals surface area contributed by atoms with Gasteiger partial charge in [-0.1, -0.05) is 30.3 Å². The number of benzene rings is 2. The second-order valence-electron chi connectivity index (χ2n) is 4.64. The van der Waals surface area contributed by atoms with Gasteiger partial charge < -0.3 is 14.8 Å². The van der Waals surface area contributed by atoms with Crippen LogP contribution in [0.5, 0.6) is 5.75 Å². The molecule has 0 aliphatic carbocycles. The van der Waals surface area contributed by atoms with E-state index in [9.17, 15) is 4.39 Å². The first-order valence-electron chi connectivity index (χ1n) is 6.97. The van der Waals surface area contributed by atoms with Gasteiger partial charge >= 0.3 is 0 Å². The van der Waals surface area contributed by atoms with Crippen molar-refractivity contribution < 1.29 is 13.9 Å². The van der Waals surface area contributed by atoms with Crippen molar-refractivity contribution in [3.63, 3.8) is 0 Å². The van der Waals surface area contributed by atoms with Gasteiger partial charge in [0, 0.05) is 18.9 Å². The maximum Gasteiger partial charge on any atom is 0.167 e. The molecule has 3 nitrogen and oxygen atoms in total. The van der Waals surface area contributed by atoms with Crippen molar-refractivity contribution in [1.82, 2.24) is 0 Å². The molecule has 21 heavy (non-hydrogen) atoms. The van der Waals surface area contributed by atoms with Gasteiger partial charge in [-0.15, -0.1) is 0 Å². The van der Waals surface area contributed by atoms with Crippen LogP contribution in [-0.4, -0.2) is 20.3 Å². The fourth-order valence-corrected chi connectivity index (χ4v) is 2.14. The van der Waals surface area contributed by atoms with Crippen molar-refractivity contribution in [2.45, 2.75) is 13.0 Å². The highest BCUT2D eigenvalue weighted by Crippen LogP contribution is 2.25. The summed E-state index contributed by atoms with van der Waals surface area (Å²) in [6.07, 6.45) is 0. The van der Waals surface area contributed by atoms with Gasteiger partial charge in [-0.3, -0.25) is 0 Å². The number of methoxy groups -OCH3 is 1. The van der Waals surface area contributed by atoms with Gasteiger partial charge in [-0.25, -0.2) is 4.39 Å². The maximum absolute atomic E-state index is 13.9. The molecule has 1 unspecified atom stereocenters. The fraction of sp³-hybridized carbons (Fsp3) is 0.294. The minimum Gasteiger partial charge on any atom is -0.491 e. The maximum atomic E-state index is 13.9. The summed E-state index contributed by atoms with van der Waals surface area (Å²) in [5.74, 6) is -0.0999. The molecule has 0 heterocycles. The summed E-state index contributed by atoms with van der Waals surface area (Å²) in [5, 5.41) is 3.29. The topological polar surface area (TPSA) is 30.5 Å². The lowest BCUT2D eigenvalue weighted by Crippen LogP contribution is -2.16. The predicted octanol–water partition coefficient (Wildman–Crippen LogP) is 4.02. The molecule has 0 saturated carbocycles. The molecule has 0 saturated heterocycles. The Kier molecular flexibility index (Phi) is 5.58. The molecule has 0 radical (unpaired) electrons. The summed E-state index contributed by atoms with van der Waals surface area (Å²) in [6, 6.07) is 14.8. The predicted molar refractivity (Wildman–Crippen MR) is 82.3 cm³/mol. The lowest BCUT2D eigenvalue weighted by atomic mass is 10.1. The molecule has 112 valence electrons. The third kappa shape index (κ3) is 4.20. The summed E-state index contributed by atoms with van der Waals surface area (Å²) in [7, 11) is 1.65. The average Bonchev–Trinajstić information content (AvgIpc) is 2.50. The van der Waals surface area contributed by atoms with Gasteiger partial charge in [0.15, 0.2) is 11.6 Å². The van der Waals surface area contributed by atoms with Crippen LogP contribution in [0.1, 0.15) is 18.5 Å². The highest BCUT2D eigenvalue weighted by molar-refractivity contribution is 5.49. The van der Waals surface area contributed by atoms with Crippen molar-refractivity contribution in [3.8, 4) is 5.75 Å². The quantitative estimate of drug-likeness (QED) is 0.835. The number of rotatable bonds is 7. The van der Waals surface area contributed by atoms with Gasteiger partial charge in [0.1, 0.15) is 0 Å². The molecule has 0 bridgehead atoms. The Balaban J connectivity index is 2.15. The number of hydrogen-bond donors (Lipinski definition) is 1. The largest absolute Gasteiger partial charge is 0.491 e. The van der Waals surface area contributed by atoms with E-state index in [4.69, 9.17) is 9.47 Å². The Morgan fingerprint density at radius 3 is 2.52 bits per heavy atom. The highest BCUT2D eigenvalue weighted by Gasteiger charge is 2.12. The average molecular weight is 289 g/mol. The minimum absolute atomic E-state index is 0.0338. The Hall–Kier alpha value is -2.07. The van der Waals surface area contributed by atoms with Crippen molar-refractivity contribution in [2.24, 2.45) is 0 Å². The van der Waals surface area contributed by atoms with Crippen LogP contribution in [0, 0.1) is 5.82 Å². The zero-order valence-electron chi connectivity index (χ0n) is 12.3. The van der Waals surface area contributed by atoms with Gasteiger partial charge in [0.05, 0.1) is 19.3 Å². The number of ether oxygens (including phenoxy) is 2. The van der Waals surface area contributed by atoms with Crippen molar-refractivity contribution >= 4 is 5.69 Å². The molecule has 4 heteroatoms. The molecule has 1 N–H and O–H groups in total. The standard InChI is InChI=1S/C17H20FNO2/c1-3-21-17-10-9-14(11-15(17)18)19-16(12-20-2)13-7-5-4-6-8-13/h4-11,16,19H,3,12H2,1-2H3. The first kappa shape index (κ1) is 15.3. The van der Waals surface area contributed by atoms with Crippen LogP contribution >= 0.6 is 0 Å². The van der Waals surface area contributed by atoms with Gasteiger partial charge in [-0.2, -0.15) is 0 Å². The normalized spacial score (nSPS) is 12.0. The Bertz CT molecular complexity index is 560. The van der Waals surface area contributed by atoms with Crippen LogP contribution in [-0.2, 0) is 4.74 Å². The molecule has 0 spiro atoms. The van der Waals surface area contributed by atoms with E-state index in [1.807, 2.05) is 37.3 Å². The highest BCUT2D eigenvalue weighted by atomic mass is 19.1. The molecule has 2 aromatic carbocycles. The van der Waals surface area contributed by atoms with E-state index in [0.29, 0.717) is 18.9 Å². The van der Waals surface area contributed by atoms with E-state index in [1.54, 1.807) is 19.2 Å². The van der Waals surface area contributed by atoms with Crippen LogP contribution < -0.4 is 10.1 Å². The van der Waals surface area contributed by atoms with E-state index in [2.05, 4.69) is 5.32 Å². The molecule has 2 rings (SSSR count). The third-order valence-electron chi connectivity index (χ3n) is 3.11. The first-order chi connectivity index (χ1) is 10.2. The molecule has 0 aliphatic heterocycles. The summed E-state index contributed by atoms with van der Waals surface area (Å²) in [6.45, 7) is 2.77. The monoisotopic (exact) mass is 289 g/mol. The lowest BCUT2D eigenvalue weighted by Gasteiger charge is -2.20. The van der Waals surface area contributed by atoms with Crippen LogP contribution in [0.2, 0.25) is 0 Å². The summed E-state index contributed by atoms with van der Waals surface area (Å²) in [4.78, 5) is 0. The second-order valence-corrected chi connectivity index (χ2v) is 4.64. The van der Waals surface area contributed by atoms with E-state index >= 15 is 0 Å². The van der Waals surface area contributed by atoms with Crippen LogP contribution in [0.3, 0.4) is 0 Å². The van der Waals surface area contributed by atoms with Crippen LogP contribution in [0.4, 0.5) is 10.1 Å². The Labute approximate surface area is 124 Å². The molecule has 1 atom stereocenters. The second kappa shape index (κ2) is 7.64. The summed E-state index contributed by atoms with van der Waals surface area (Å²) in [5.41, 5.74) is 1.79. The lowest BCUT2D eigenvalue weighted by molar-refractivity contribution is 0.186. The van der Waals surface area contributed by atoms with E-state index in [-0.39, 0.29) is 17.6 Å². The smallest absolute Gasteiger partial charge is 0.167 e. The molecular formula is C17H20FNO2. The third-order valence-corrected chi connectivity index (χ3v) is 3.11. The summed E-state index contributed by atoms with van der Waals surface area (Å²) >= 11 is 0. The van der Waals surface area contributed by atoms with Crippen molar-refractivity contribution in [3.05, 3.63) is 59.9 Å². The Morgan fingerprint density at radius 2 is 1.90 bits per heavy atom. The van der Waals surface area contributed by atoms with Gasteiger partial charge in [-0.05, 0) is 24.6 Å². The minimum atomic E-state index is -0.369.